The molecule has 5 nitrogen and oxygen atoms in total. The molecule has 0 spiro atoms. The topological polar surface area (TPSA) is 55.2 Å². The number of rotatable bonds is 6. The van der Waals surface area contributed by atoms with Crippen LogP contribution in [0.25, 0.3) is 0 Å². The molecule has 4 rings (SSSR count). The van der Waals surface area contributed by atoms with E-state index >= 15 is 0 Å². The van der Waals surface area contributed by atoms with Gasteiger partial charge in [0.15, 0.2) is 0 Å². The molecule has 0 unspecified atom stereocenters. The lowest BCUT2D eigenvalue weighted by atomic mass is 10.1. The van der Waals surface area contributed by atoms with Gasteiger partial charge in [-0.1, -0.05) is 18.2 Å². The van der Waals surface area contributed by atoms with Gasteiger partial charge in [-0.15, -0.1) is 0 Å². The Morgan fingerprint density at radius 1 is 1.03 bits per heavy atom. The standard InChI is InChI=1S/C22H14F6IN3O2/c1-11-9-12(10-31-16(7-8-30-31)21(25,26)22(27,28)20(23)24)5-6-15(11)32-18(33)13-3-2-4-14(29)17(13)19(32)34/h2-9,20H,10H2,1H3. The highest BCUT2D eigenvalue weighted by Gasteiger charge is 2.65. The van der Waals surface area contributed by atoms with E-state index in [1.807, 2.05) is 22.6 Å². The summed E-state index contributed by atoms with van der Waals surface area (Å²) in [6.45, 7) is 1.15. The van der Waals surface area contributed by atoms with Gasteiger partial charge in [0.25, 0.3) is 11.8 Å². The van der Waals surface area contributed by atoms with Gasteiger partial charge < -0.3 is 0 Å². The first-order valence-electron chi connectivity index (χ1n) is 9.70. The van der Waals surface area contributed by atoms with E-state index in [0.29, 0.717) is 25.4 Å². The van der Waals surface area contributed by atoms with Crippen LogP contribution in [0, 0.1) is 10.5 Å². The zero-order valence-corrected chi connectivity index (χ0v) is 19.4. The van der Waals surface area contributed by atoms with Gasteiger partial charge in [-0.05, 0) is 64.9 Å². The van der Waals surface area contributed by atoms with Crippen molar-refractivity contribution in [3.8, 4) is 0 Å². The third kappa shape index (κ3) is 3.67. The monoisotopic (exact) mass is 593 g/mol. The molecule has 1 aromatic heterocycles. The van der Waals surface area contributed by atoms with E-state index in [0.717, 1.165) is 11.1 Å². The van der Waals surface area contributed by atoms with Crippen LogP contribution in [0.15, 0.2) is 48.7 Å². The molecule has 0 bridgehead atoms. The van der Waals surface area contributed by atoms with Crippen LogP contribution in [-0.2, 0) is 12.5 Å². The summed E-state index contributed by atoms with van der Waals surface area (Å²) in [6.07, 6.45) is -3.76. The van der Waals surface area contributed by atoms with Gasteiger partial charge in [0.1, 0.15) is 5.69 Å². The fourth-order valence-corrected chi connectivity index (χ4v) is 4.46. The Morgan fingerprint density at radius 2 is 1.74 bits per heavy atom. The summed E-state index contributed by atoms with van der Waals surface area (Å²) in [4.78, 5) is 26.7. The van der Waals surface area contributed by atoms with E-state index in [1.54, 1.807) is 19.1 Å². The van der Waals surface area contributed by atoms with Gasteiger partial charge in [-0.3, -0.25) is 14.3 Å². The number of carbonyl (C=O) groups is 2. The Bertz CT molecular complexity index is 1310. The molecule has 12 heteroatoms. The number of hydrogen-bond donors (Lipinski definition) is 0. The highest BCUT2D eigenvalue weighted by Crippen LogP contribution is 2.46. The summed E-state index contributed by atoms with van der Waals surface area (Å²) >= 11 is 1.95. The van der Waals surface area contributed by atoms with Gasteiger partial charge in [-0.2, -0.15) is 22.7 Å². The molecule has 0 saturated heterocycles. The molecule has 0 saturated carbocycles. The SMILES string of the molecule is Cc1cc(Cn2nccc2C(F)(F)C(F)(F)C(F)F)ccc1N1C(=O)c2cccc(I)c2C1=O. The maximum absolute atomic E-state index is 14.2. The lowest BCUT2D eigenvalue weighted by Crippen LogP contribution is -2.45. The molecule has 0 radical (unpaired) electrons. The highest BCUT2D eigenvalue weighted by molar-refractivity contribution is 14.1. The average Bonchev–Trinajstić information content (AvgIpc) is 3.32. The third-order valence-electron chi connectivity index (χ3n) is 5.43. The number of alkyl halides is 6. The van der Waals surface area contributed by atoms with E-state index in [1.165, 1.54) is 24.3 Å². The number of aromatic nitrogens is 2. The van der Waals surface area contributed by atoms with Crippen molar-refractivity contribution in [2.24, 2.45) is 0 Å². The minimum atomic E-state index is -5.59. The zero-order chi connectivity index (χ0) is 25.0. The molecule has 0 N–H and O–H groups in total. The number of amides is 2. The van der Waals surface area contributed by atoms with E-state index in [-0.39, 0.29) is 16.8 Å². The molecule has 34 heavy (non-hydrogen) atoms. The number of hydrogen-bond acceptors (Lipinski definition) is 3. The van der Waals surface area contributed by atoms with E-state index < -0.39 is 42.3 Å². The highest BCUT2D eigenvalue weighted by atomic mass is 127. The third-order valence-corrected chi connectivity index (χ3v) is 6.33. The molecule has 1 aliphatic heterocycles. The molecule has 0 aliphatic carbocycles. The Kier molecular flexibility index (Phi) is 5.98. The quantitative estimate of drug-likeness (QED) is 0.212. The van der Waals surface area contributed by atoms with Crippen LogP contribution in [0.1, 0.15) is 37.5 Å². The second kappa shape index (κ2) is 8.40. The summed E-state index contributed by atoms with van der Waals surface area (Å²) < 4.78 is 81.7. The molecular formula is C22H14F6IN3O2. The molecule has 178 valence electrons. The Labute approximate surface area is 202 Å². The van der Waals surface area contributed by atoms with Gasteiger partial charge in [0, 0.05) is 9.77 Å². The molecule has 2 heterocycles. The minimum absolute atomic E-state index is 0.253. The molecule has 0 atom stereocenters. The van der Waals surface area contributed by atoms with Crippen molar-refractivity contribution in [1.82, 2.24) is 9.78 Å². The van der Waals surface area contributed by atoms with Crippen LogP contribution in [-0.4, -0.2) is 33.9 Å². The van der Waals surface area contributed by atoms with Crippen LogP contribution in [0.4, 0.5) is 32.0 Å². The number of anilines is 1. The van der Waals surface area contributed by atoms with Gasteiger partial charge in [0.2, 0.25) is 0 Å². The Hall–Kier alpha value is -2.90. The van der Waals surface area contributed by atoms with E-state index in [4.69, 9.17) is 0 Å². The predicted molar refractivity (Wildman–Crippen MR) is 118 cm³/mol. The maximum Gasteiger partial charge on any atom is 0.375 e. The maximum atomic E-state index is 14.2. The second-order valence-electron chi connectivity index (χ2n) is 7.60. The number of carbonyl (C=O) groups excluding carboxylic acids is 2. The van der Waals surface area contributed by atoms with Crippen LogP contribution >= 0.6 is 22.6 Å². The van der Waals surface area contributed by atoms with Gasteiger partial charge in [0.05, 0.1) is 23.4 Å². The minimum Gasteiger partial charge on any atom is -0.268 e. The molecule has 2 aromatic carbocycles. The number of halogens is 7. The lowest BCUT2D eigenvalue weighted by molar-refractivity contribution is -0.273. The first kappa shape index (κ1) is 24.2. The van der Waals surface area contributed by atoms with Crippen molar-refractivity contribution in [2.45, 2.75) is 31.7 Å². The average molecular weight is 593 g/mol. The summed E-state index contributed by atoms with van der Waals surface area (Å²) in [5.74, 6) is -11.8. The molecule has 1 aliphatic rings. The predicted octanol–water partition coefficient (Wildman–Crippen LogP) is 5.64. The lowest BCUT2D eigenvalue weighted by Gasteiger charge is -2.26. The Balaban J connectivity index is 1.64. The van der Waals surface area contributed by atoms with Crippen molar-refractivity contribution in [3.63, 3.8) is 0 Å². The second-order valence-corrected chi connectivity index (χ2v) is 8.76. The largest absolute Gasteiger partial charge is 0.375 e. The summed E-state index contributed by atoms with van der Waals surface area (Å²) in [5, 5.41) is 3.58. The first-order chi connectivity index (χ1) is 15.9. The van der Waals surface area contributed by atoms with E-state index in [9.17, 15) is 35.9 Å². The van der Waals surface area contributed by atoms with Crippen LogP contribution in [0.2, 0.25) is 0 Å². The summed E-state index contributed by atoms with van der Waals surface area (Å²) in [5.41, 5.74) is 0.174. The van der Waals surface area contributed by atoms with Gasteiger partial charge in [-0.25, -0.2) is 13.7 Å². The fraction of sp³-hybridized carbons (Fsp3) is 0.227. The zero-order valence-electron chi connectivity index (χ0n) is 17.2. The summed E-state index contributed by atoms with van der Waals surface area (Å²) in [6, 6.07) is 9.74. The molecule has 2 amide bonds. The van der Waals surface area contributed by atoms with Crippen LogP contribution < -0.4 is 4.90 Å². The fourth-order valence-electron chi connectivity index (χ4n) is 3.74. The van der Waals surface area contributed by atoms with Crippen molar-refractivity contribution in [1.29, 1.82) is 0 Å². The van der Waals surface area contributed by atoms with Crippen LogP contribution in [0.3, 0.4) is 0 Å². The molecule has 0 fully saturated rings. The van der Waals surface area contributed by atoms with Crippen molar-refractivity contribution in [3.05, 3.63) is 80.2 Å². The van der Waals surface area contributed by atoms with Crippen molar-refractivity contribution >= 4 is 40.1 Å². The number of aryl methyl sites for hydroxylation is 1. The normalized spacial score (nSPS) is 14.3. The first-order valence-corrected chi connectivity index (χ1v) is 10.8. The number of nitrogens with zero attached hydrogens (tertiary/aromatic N) is 3. The number of imide groups is 1. The van der Waals surface area contributed by atoms with Crippen molar-refractivity contribution < 1.29 is 35.9 Å². The molecular weight excluding hydrogens is 579 g/mol. The Morgan fingerprint density at radius 3 is 2.35 bits per heavy atom. The molecule has 3 aromatic rings. The smallest absolute Gasteiger partial charge is 0.268 e. The van der Waals surface area contributed by atoms with Gasteiger partial charge >= 0.3 is 18.3 Å². The van der Waals surface area contributed by atoms with Crippen LogP contribution in [0.5, 0.6) is 0 Å². The number of benzene rings is 2. The van der Waals surface area contributed by atoms with Crippen molar-refractivity contribution in [2.75, 3.05) is 4.90 Å². The van der Waals surface area contributed by atoms with E-state index in [2.05, 4.69) is 5.10 Å². The number of fused-ring (bicyclic) bond motifs is 1. The summed E-state index contributed by atoms with van der Waals surface area (Å²) in [7, 11) is 0.